The number of hydrogen-bond acceptors (Lipinski definition) is 3. The molecule has 4 aliphatic carbocycles. The van der Waals surface area contributed by atoms with Crippen LogP contribution in [0.4, 0.5) is 0 Å². The van der Waals surface area contributed by atoms with Crippen LogP contribution in [0.3, 0.4) is 0 Å². The number of Topliss-reactive ketones (excluding diaryl/α,β-unsaturated/α-hetero) is 1. The molecule has 4 nitrogen and oxygen atoms in total. The quantitative estimate of drug-likeness (QED) is 0.574. The van der Waals surface area contributed by atoms with Gasteiger partial charge in [-0.25, -0.2) is 0 Å². The summed E-state index contributed by atoms with van der Waals surface area (Å²) in [5, 5.41) is 3.43. The molecule has 0 saturated heterocycles. The van der Waals surface area contributed by atoms with Gasteiger partial charge in [-0.2, -0.15) is 0 Å². The zero-order valence-electron chi connectivity index (χ0n) is 14.7. The summed E-state index contributed by atoms with van der Waals surface area (Å²) in [4.78, 5) is 12.4. The maximum absolute atomic E-state index is 12.4. The van der Waals surface area contributed by atoms with Crippen LogP contribution in [-0.4, -0.2) is 18.6 Å². The Labute approximate surface area is 143 Å². The first-order chi connectivity index (χ1) is 11.4. The normalized spacial score (nSPS) is 49.2. The van der Waals surface area contributed by atoms with Crippen molar-refractivity contribution in [3.63, 3.8) is 0 Å². The smallest absolute Gasteiger partial charge is 0.219 e. The van der Waals surface area contributed by atoms with E-state index in [0.29, 0.717) is 23.5 Å². The monoisotopic (exact) mass is 325 g/mol. The van der Waals surface area contributed by atoms with E-state index >= 15 is 0 Å². The second-order valence-electron chi connectivity index (χ2n) is 8.34. The zero-order valence-corrected chi connectivity index (χ0v) is 14.7. The van der Waals surface area contributed by atoms with Gasteiger partial charge in [0.1, 0.15) is 5.78 Å². The third-order valence-electron chi connectivity index (χ3n) is 7.45. The van der Waals surface area contributed by atoms with Gasteiger partial charge in [-0.15, -0.1) is 5.11 Å². The lowest BCUT2D eigenvalue weighted by Crippen LogP contribution is -2.48. The molecule has 127 valence electrons. The minimum atomic E-state index is -1.07. The van der Waals surface area contributed by atoms with Crippen molar-refractivity contribution in [2.75, 3.05) is 7.11 Å². The number of fused-ring (bicyclic) bond motifs is 5. The largest absolute Gasteiger partial charge is 0.349 e. The molecular formula is C20H25N2O2. The fourth-order valence-corrected chi connectivity index (χ4v) is 5.76. The molecule has 0 aromatic carbocycles. The van der Waals surface area contributed by atoms with Crippen LogP contribution in [-0.2, 0) is 9.53 Å². The molecule has 6 atom stereocenters. The molecule has 0 spiro atoms. The molecule has 0 aromatic heterocycles. The molecule has 2 fully saturated rings. The molecule has 0 aromatic rings. The van der Waals surface area contributed by atoms with Gasteiger partial charge in [0.15, 0.2) is 0 Å². The summed E-state index contributed by atoms with van der Waals surface area (Å²) in [6.07, 6.45) is 14.2. The Hall–Kier alpha value is -1.55. The fourth-order valence-electron chi connectivity index (χ4n) is 5.76. The third kappa shape index (κ3) is 1.86. The van der Waals surface area contributed by atoms with Crippen LogP contribution in [0.1, 0.15) is 39.5 Å². The number of methoxy groups -OCH3 is 1. The first kappa shape index (κ1) is 15.9. The second kappa shape index (κ2) is 4.98. The third-order valence-corrected chi connectivity index (χ3v) is 7.45. The van der Waals surface area contributed by atoms with E-state index in [4.69, 9.17) is 4.74 Å². The standard InChI is InChI=1S/C20H25N2O2/c1-18-10-11-20(22-21,24-3)12-13(18)4-5-14-15-6-7-17(23)19(15,2)9-8-16(14)18/h4-5,10-12,14-16H,6-9H2,1-3H3/t14?,15?,16?,18-,19-,20?/m0/s1. The molecule has 2 saturated carbocycles. The Kier molecular flexibility index (Phi) is 3.31. The molecular weight excluding hydrogens is 300 g/mol. The van der Waals surface area contributed by atoms with E-state index in [1.807, 2.05) is 12.2 Å². The van der Waals surface area contributed by atoms with Crippen molar-refractivity contribution in [3.05, 3.63) is 36.0 Å². The summed E-state index contributed by atoms with van der Waals surface area (Å²) in [5.74, 6) is 1.86. The number of ketones is 1. The van der Waals surface area contributed by atoms with Gasteiger partial charge in [0.2, 0.25) is 5.72 Å². The van der Waals surface area contributed by atoms with Crippen molar-refractivity contribution in [3.8, 4) is 0 Å². The van der Waals surface area contributed by atoms with E-state index in [-0.39, 0.29) is 10.8 Å². The van der Waals surface area contributed by atoms with Crippen molar-refractivity contribution >= 4 is 5.78 Å². The topological polar surface area (TPSA) is 61.0 Å². The molecule has 0 amide bonds. The average molecular weight is 325 g/mol. The molecule has 1 radical (unpaired) electrons. The van der Waals surface area contributed by atoms with E-state index in [0.717, 1.165) is 31.3 Å². The van der Waals surface area contributed by atoms with E-state index in [1.54, 1.807) is 7.11 Å². The van der Waals surface area contributed by atoms with Crippen LogP contribution < -0.4 is 5.53 Å². The first-order valence-electron chi connectivity index (χ1n) is 8.95. The Morgan fingerprint density at radius 3 is 2.75 bits per heavy atom. The number of allylic oxidation sites excluding steroid dienone is 4. The Bertz CT molecular complexity index is 694. The highest BCUT2D eigenvalue weighted by molar-refractivity contribution is 5.87. The van der Waals surface area contributed by atoms with Crippen LogP contribution >= 0.6 is 0 Å². The van der Waals surface area contributed by atoms with Gasteiger partial charge in [-0.05, 0) is 60.3 Å². The predicted octanol–water partition coefficient (Wildman–Crippen LogP) is 3.67. The molecule has 4 heteroatoms. The molecule has 0 heterocycles. The lowest BCUT2D eigenvalue weighted by atomic mass is 9.50. The molecule has 4 unspecified atom stereocenters. The zero-order chi connectivity index (χ0) is 17.2. The van der Waals surface area contributed by atoms with Crippen molar-refractivity contribution < 1.29 is 9.53 Å². The summed E-state index contributed by atoms with van der Waals surface area (Å²) in [6.45, 7) is 4.45. The number of ether oxygens (including phenoxy) is 1. The number of hydrogen-bond donors (Lipinski definition) is 0. The summed E-state index contributed by atoms with van der Waals surface area (Å²) < 4.78 is 5.40. The molecule has 0 bridgehead atoms. The SMILES string of the molecule is COC1(N=[N])C=C[C@@]2(C)C(=C1)C=CC1C2CC[C@]2(C)C(=O)CCC12. The van der Waals surface area contributed by atoms with Gasteiger partial charge >= 0.3 is 0 Å². The van der Waals surface area contributed by atoms with Crippen molar-refractivity contribution in [1.82, 2.24) is 5.53 Å². The highest BCUT2D eigenvalue weighted by Crippen LogP contribution is 2.62. The summed E-state index contributed by atoms with van der Waals surface area (Å²) in [6, 6.07) is 0. The van der Waals surface area contributed by atoms with E-state index < -0.39 is 5.72 Å². The van der Waals surface area contributed by atoms with Gasteiger partial charge in [0, 0.05) is 24.4 Å². The van der Waals surface area contributed by atoms with Crippen molar-refractivity contribution in [1.29, 1.82) is 0 Å². The number of nitrogens with zero attached hydrogens (tertiary/aromatic N) is 2. The van der Waals surface area contributed by atoms with Crippen molar-refractivity contribution in [2.24, 2.45) is 33.7 Å². The summed E-state index contributed by atoms with van der Waals surface area (Å²) in [7, 11) is 1.55. The van der Waals surface area contributed by atoms with Crippen LogP contribution in [0.15, 0.2) is 41.1 Å². The van der Waals surface area contributed by atoms with Crippen LogP contribution in [0, 0.1) is 28.6 Å². The van der Waals surface area contributed by atoms with Gasteiger partial charge in [0.25, 0.3) is 0 Å². The van der Waals surface area contributed by atoms with Crippen LogP contribution in [0.2, 0.25) is 0 Å². The van der Waals surface area contributed by atoms with Crippen LogP contribution in [0.25, 0.3) is 0 Å². The first-order valence-corrected chi connectivity index (χ1v) is 8.95. The highest BCUT2D eigenvalue weighted by Gasteiger charge is 2.57. The number of rotatable bonds is 2. The van der Waals surface area contributed by atoms with E-state index in [2.05, 4.69) is 37.2 Å². The highest BCUT2D eigenvalue weighted by atomic mass is 16.5. The molecule has 24 heavy (non-hydrogen) atoms. The predicted molar refractivity (Wildman–Crippen MR) is 90.8 cm³/mol. The average Bonchev–Trinajstić information content (AvgIpc) is 2.90. The molecule has 0 aliphatic heterocycles. The second-order valence-corrected chi connectivity index (χ2v) is 8.34. The van der Waals surface area contributed by atoms with E-state index in [9.17, 15) is 10.3 Å². The summed E-state index contributed by atoms with van der Waals surface area (Å²) in [5.41, 5.74) is 9.25. The molecule has 4 aliphatic rings. The van der Waals surface area contributed by atoms with Gasteiger partial charge < -0.3 is 4.74 Å². The van der Waals surface area contributed by atoms with Crippen molar-refractivity contribution in [2.45, 2.75) is 45.3 Å². The Balaban J connectivity index is 1.76. The fraction of sp³-hybridized carbons (Fsp3) is 0.650. The Morgan fingerprint density at radius 2 is 2.04 bits per heavy atom. The number of carbonyl (C=O) groups is 1. The van der Waals surface area contributed by atoms with Gasteiger partial charge in [-0.1, -0.05) is 32.1 Å². The molecule has 4 rings (SSSR count). The minimum Gasteiger partial charge on any atom is -0.349 e. The maximum atomic E-state index is 12.4. The van der Waals surface area contributed by atoms with Crippen LogP contribution in [0.5, 0.6) is 0 Å². The van der Waals surface area contributed by atoms with E-state index in [1.165, 1.54) is 0 Å². The Morgan fingerprint density at radius 1 is 1.25 bits per heavy atom. The lowest BCUT2D eigenvalue weighted by Gasteiger charge is -2.53. The molecule has 0 N–H and O–H groups in total. The van der Waals surface area contributed by atoms with Gasteiger partial charge in [0.05, 0.1) is 0 Å². The van der Waals surface area contributed by atoms with Gasteiger partial charge in [-0.3, -0.25) is 4.79 Å². The summed E-state index contributed by atoms with van der Waals surface area (Å²) >= 11 is 0. The maximum Gasteiger partial charge on any atom is 0.219 e. The lowest BCUT2D eigenvalue weighted by molar-refractivity contribution is -0.130. The number of carbonyl (C=O) groups excluding carboxylic acids is 1. The minimum absolute atomic E-state index is 0.0842.